The first-order chi connectivity index (χ1) is 16.2. The van der Waals surface area contributed by atoms with Crippen molar-refractivity contribution in [3.63, 3.8) is 0 Å². The number of piperidine rings is 2. The van der Waals surface area contributed by atoms with Crippen molar-refractivity contribution in [2.75, 3.05) is 33.2 Å². The molecule has 1 aromatic carbocycles. The van der Waals surface area contributed by atoms with Crippen LogP contribution in [0.15, 0.2) is 36.4 Å². The zero-order valence-corrected chi connectivity index (χ0v) is 20.9. The number of aromatic nitrogens is 2. The van der Waals surface area contributed by atoms with Crippen LogP contribution in [0.25, 0.3) is 0 Å². The normalized spacial score (nSPS) is 20.1. The Labute approximate surface area is 203 Å². The molecule has 34 heavy (non-hydrogen) atoms. The lowest BCUT2D eigenvalue weighted by molar-refractivity contribution is -0.145. The third kappa shape index (κ3) is 5.14. The van der Waals surface area contributed by atoms with E-state index in [9.17, 15) is 9.59 Å². The molecular formula is C27H37N5O2. The van der Waals surface area contributed by atoms with E-state index in [2.05, 4.69) is 58.3 Å². The topological polar surface area (TPSA) is 78.4 Å². The van der Waals surface area contributed by atoms with Crippen molar-refractivity contribution in [3.8, 4) is 0 Å². The summed E-state index contributed by atoms with van der Waals surface area (Å²) in [5.74, 6) is 0.790. The zero-order valence-electron chi connectivity index (χ0n) is 20.9. The van der Waals surface area contributed by atoms with Crippen molar-refractivity contribution >= 4 is 11.8 Å². The first kappa shape index (κ1) is 24.3. The number of nitrogens with zero attached hydrogens (tertiary/aromatic N) is 4. The fraction of sp³-hybridized carbons (Fsp3) is 0.556. The van der Waals surface area contributed by atoms with Crippen LogP contribution >= 0.6 is 0 Å². The molecule has 0 radical (unpaired) electrons. The molecule has 2 amide bonds. The second kappa shape index (κ2) is 9.82. The first-order valence-corrected chi connectivity index (χ1v) is 12.4. The lowest BCUT2D eigenvalue weighted by Crippen LogP contribution is -2.52. The van der Waals surface area contributed by atoms with E-state index in [4.69, 9.17) is 0 Å². The monoisotopic (exact) mass is 463 g/mol. The highest BCUT2D eigenvalue weighted by Gasteiger charge is 2.43. The molecule has 2 aliphatic rings. The summed E-state index contributed by atoms with van der Waals surface area (Å²) in [4.78, 5) is 39.4. The van der Waals surface area contributed by atoms with E-state index in [-0.39, 0.29) is 22.6 Å². The maximum absolute atomic E-state index is 13.5. The number of hydrogen-bond donors (Lipinski definition) is 1. The first-order valence-electron chi connectivity index (χ1n) is 12.4. The maximum Gasteiger partial charge on any atom is 0.269 e. The number of hydrogen-bond acceptors (Lipinski definition) is 5. The van der Waals surface area contributed by atoms with Gasteiger partial charge in [0.2, 0.25) is 5.91 Å². The van der Waals surface area contributed by atoms with Crippen LogP contribution in [0.5, 0.6) is 0 Å². The Bertz CT molecular complexity index is 1020. The summed E-state index contributed by atoms with van der Waals surface area (Å²) < 4.78 is 0. The molecule has 0 aliphatic carbocycles. The van der Waals surface area contributed by atoms with E-state index < -0.39 is 0 Å². The van der Waals surface area contributed by atoms with Gasteiger partial charge in [0.05, 0.1) is 0 Å². The summed E-state index contributed by atoms with van der Waals surface area (Å²) in [6.07, 6.45) is 3.38. The highest BCUT2D eigenvalue weighted by Crippen LogP contribution is 2.38. The number of carbonyl (C=O) groups excluding carboxylic acids is 2. The zero-order chi connectivity index (χ0) is 24.3. The summed E-state index contributed by atoms with van der Waals surface area (Å²) in [6, 6.07) is 12.3. The van der Waals surface area contributed by atoms with Crippen molar-refractivity contribution in [1.29, 1.82) is 0 Å². The maximum atomic E-state index is 13.5. The van der Waals surface area contributed by atoms with Crippen LogP contribution < -0.4 is 5.32 Å². The Morgan fingerprint density at radius 1 is 0.971 bits per heavy atom. The number of likely N-dealkylation sites (tertiary alicyclic amines) is 2. The molecule has 1 aromatic heterocycles. The van der Waals surface area contributed by atoms with Gasteiger partial charge in [-0.2, -0.15) is 0 Å². The van der Waals surface area contributed by atoms with E-state index >= 15 is 0 Å². The summed E-state index contributed by atoms with van der Waals surface area (Å²) in [6.45, 7) is 10.4. The third-order valence-electron chi connectivity index (χ3n) is 7.73. The van der Waals surface area contributed by atoms with Crippen LogP contribution in [0, 0.1) is 12.3 Å². The van der Waals surface area contributed by atoms with Gasteiger partial charge in [0.25, 0.3) is 5.91 Å². The molecule has 2 aliphatic heterocycles. The molecule has 2 aromatic rings. The summed E-state index contributed by atoms with van der Waals surface area (Å²) in [7, 11) is 1.61. The Balaban J connectivity index is 1.36. The summed E-state index contributed by atoms with van der Waals surface area (Å²) in [5.41, 5.74) is 1.97. The molecule has 0 saturated carbocycles. The molecule has 0 atom stereocenters. The van der Waals surface area contributed by atoms with Gasteiger partial charge in [0.1, 0.15) is 11.5 Å². The van der Waals surface area contributed by atoms with Crippen LogP contribution in [-0.4, -0.2) is 64.8 Å². The Kier molecular flexibility index (Phi) is 7.03. The number of nitrogens with one attached hydrogen (secondary N) is 1. The lowest BCUT2D eigenvalue weighted by atomic mass is 9.76. The standard InChI is InChI=1S/C27H37N5O2/c1-20-18-22(23(33)28-4)30-24(29-20)26(2)12-16-32(17-13-26)25(34)27(3)10-14-31(15-11-27)19-21-8-6-5-7-9-21/h5-9,18H,10-17,19H2,1-4H3,(H,28,33). The quantitative estimate of drug-likeness (QED) is 0.736. The van der Waals surface area contributed by atoms with Crippen LogP contribution in [-0.2, 0) is 16.8 Å². The van der Waals surface area contributed by atoms with E-state index in [0.717, 1.165) is 51.0 Å². The molecule has 0 bridgehead atoms. The molecule has 1 N–H and O–H groups in total. The van der Waals surface area contributed by atoms with E-state index in [1.807, 2.05) is 17.9 Å². The Morgan fingerprint density at radius 2 is 1.62 bits per heavy atom. The van der Waals surface area contributed by atoms with Crippen molar-refractivity contribution in [1.82, 2.24) is 25.1 Å². The van der Waals surface area contributed by atoms with Gasteiger partial charge in [-0.3, -0.25) is 14.5 Å². The second-order valence-electron chi connectivity index (χ2n) is 10.5. The van der Waals surface area contributed by atoms with Crippen LogP contribution in [0.3, 0.4) is 0 Å². The minimum atomic E-state index is -0.298. The fourth-order valence-corrected chi connectivity index (χ4v) is 5.15. The van der Waals surface area contributed by atoms with Crippen molar-refractivity contribution in [3.05, 3.63) is 59.2 Å². The number of carbonyl (C=O) groups is 2. The Morgan fingerprint density at radius 3 is 2.24 bits per heavy atom. The van der Waals surface area contributed by atoms with Crippen molar-refractivity contribution in [2.45, 2.75) is 58.4 Å². The van der Waals surface area contributed by atoms with Crippen LogP contribution in [0.2, 0.25) is 0 Å². The van der Waals surface area contributed by atoms with Gasteiger partial charge in [0.15, 0.2) is 0 Å². The van der Waals surface area contributed by atoms with E-state index in [1.54, 1.807) is 13.1 Å². The molecule has 3 heterocycles. The average molecular weight is 464 g/mol. The molecule has 182 valence electrons. The molecular weight excluding hydrogens is 426 g/mol. The second-order valence-corrected chi connectivity index (χ2v) is 10.5. The fourth-order valence-electron chi connectivity index (χ4n) is 5.15. The van der Waals surface area contributed by atoms with E-state index in [0.29, 0.717) is 24.6 Å². The molecule has 0 spiro atoms. The number of benzene rings is 1. The molecule has 7 heteroatoms. The summed E-state index contributed by atoms with van der Waals surface area (Å²) >= 11 is 0. The van der Waals surface area contributed by atoms with Crippen molar-refractivity contribution < 1.29 is 9.59 Å². The highest BCUT2D eigenvalue weighted by molar-refractivity contribution is 5.92. The predicted octanol–water partition coefficient (Wildman–Crippen LogP) is 3.33. The lowest BCUT2D eigenvalue weighted by Gasteiger charge is -2.44. The van der Waals surface area contributed by atoms with Gasteiger partial charge in [-0.1, -0.05) is 44.2 Å². The minimum absolute atomic E-state index is 0.200. The van der Waals surface area contributed by atoms with Gasteiger partial charge < -0.3 is 10.2 Å². The number of aryl methyl sites for hydroxylation is 1. The molecule has 2 fully saturated rings. The number of amides is 2. The third-order valence-corrected chi connectivity index (χ3v) is 7.73. The number of rotatable bonds is 5. The van der Waals surface area contributed by atoms with Gasteiger partial charge in [0, 0.05) is 43.2 Å². The SMILES string of the molecule is CNC(=O)c1cc(C)nc(C2(C)CCN(C(=O)C3(C)CCN(Cc4ccccc4)CC3)CC2)n1. The smallest absolute Gasteiger partial charge is 0.269 e. The van der Waals surface area contributed by atoms with E-state index in [1.165, 1.54) is 5.56 Å². The van der Waals surface area contributed by atoms with Crippen LogP contribution in [0.4, 0.5) is 0 Å². The van der Waals surface area contributed by atoms with Crippen molar-refractivity contribution in [2.24, 2.45) is 5.41 Å². The molecule has 0 unspecified atom stereocenters. The predicted molar refractivity (Wildman–Crippen MR) is 132 cm³/mol. The Hall–Kier alpha value is -2.80. The van der Waals surface area contributed by atoms with Gasteiger partial charge in [-0.25, -0.2) is 9.97 Å². The summed E-state index contributed by atoms with van der Waals surface area (Å²) in [5, 5.41) is 2.64. The highest BCUT2D eigenvalue weighted by atomic mass is 16.2. The van der Waals surface area contributed by atoms with Gasteiger partial charge in [-0.15, -0.1) is 0 Å². The molecule has 2 saturated heterocycles. The van der Waals surface area contributed by atoms with Gasteiger partial charge >= 0.3 is 0 Å². The largest absolute Gasteiger partial charge is 0.354 e. The van der Waals surface area contributed by atoms with Gasteiger partial charge in [-0.05, 0) is 57.3 Å². The van der Waals surface area contributed by atoms with Crippen LogP contribution in [0.1, 0.15) is 67.1 Å². The molecule has 4 rings (SSSR count). The average Bonchev–Trinajstić information content (AvgIpc) is 2.85. The minimum Gasteiger partial charge on any atom is -0.354 e. The molecule has 7 nitrogen and oxygen atoms in total.